The molecule has 0 radical (unpaired) electrons. The predicted octanol–water partition coefficient (Wildman–Crippen LogP) is 4.84. The van der Waals surface area contributed by atoms with Crippen LogP contribution in [-0.4, -0.2) is 52.1 Å². The van der Waals surface area contributed by atoms with E-state index in [1.807, 2.05) is 17.7 Å². The third-order valence-electron chi connectivity index (χ3n) is 6.39. The molecule has 2 heterocycles. The summed E-state index contributed by atoms with van der Waals surface area (Å²) in [5.41, 5.74) is 2.50. The number of nitrogens with zero attached hydrogens (tertiary/aromatic N) is 3. The Morgan fingerprint density at radius 1 is 1.22 bits per heavy atom. The molecule has 9 nitrogen and oxygen atoms in total. The van der Waals surface area contributed by atoms with Crippen LogP contribution in [0.3, 0.4) is 0 Å². The van der Waals surface area contributed by atoms with Crippen molar-refractivity contribution < 1.29 is 23.9 Å². The Hall–Kier alpha value is -3.18. The third kappa shape index (κ3) is 5.57. The summed E-state index contributed by atoms with van der Waals surface area (Å²) < 4.78 is 12.5. The molecule has 0 aliphatic heterocycles. The van der Waals surface area contributed by atoms with E-state index in [1.54, 1.807) is 31.2 Å². The lowest BCUT2D eigenvalue weighted by atomic mass is 9.88. The average molecular weight is 543 g/mol. The maximum Gasteiger partial charge on any atom is 0.341 e. The first-order valence-electron chi connectivity index (χ1n) is 12.1. The van der Waals surface area contributed by atoms with E-state index in [0.717, 1.165) is 46.4 Å². The van der Waals surface area contributed by atoms with Crippen molar-refractivity contribution in [3.05, 3.63) is 51.7 Å². The summed E-state index contributed by atoms with van der Waals surface area (Å²) in [4.78, 5) is 39.6. The monoisotopic (exact) mass is 542 g/mol. The van der Waals surface area contributed by atoms with E-state index in [-0.39, 0.29) is 6.42 Å². The highest BCUT2D eigenvalue weighted by Crippen LogP contribution is 2.40. The van der Waals surface area contributed by atoms with Crippen LogP contribution in [0.4, 0.5) is 5.00 Å². The summed E-state index contributed by atoms with van der Waals surface area (Å²) >= 11 is 2.87. The number of aryl methyl sites for hydroxylation is 1. The molecule has 0 saturated carbocycles. The minimum atomic E-state index is -1.01. The Morgan fingerprint density at radius 3 is 2.59 bits per heavy atom. The number of ether oxygens (including phenoxy) is 2. The zero-order valence-corrected chi connectivity index (χ0v) is 23.1. The zero-order chi connectivity index (χ0) is 26.7. The normalized spacial score (nSPS) is 15.5. The molecule has 0 spiro atoms. The molecule has 2 unspecified atom stereocenters. The van der Waals surface area contributed by atoms with E-state index in [9.17, 15) is 14.4 Å². The van der Waals surface area contributed by atoms with Gasteiger partial charge in [-0.3, -0.25) is 9.36 Å². The van der Waals surface area contributed by atoms with Gasteiger partial charge in [0.25, 0.3) is 5.91 Å². The molecule has 37 heavy (non-hydrogen) atoms. The van der Waals surface area contributed by atoms with Crippen molar-refractivity contribution in [3.8, 4) is 5.69 Å². The molecule has 4 rings (SSSR count). The van der Waals surface area contributed by atoms with Crippen LogP contribution in [0.2, 0.25) is 0 Å². The van der Waals surface area contributed by atoms with E-state index in [1.165, 1.54) is 30.2 Å². The Morgan fingerprint density at radius 2 is 1.95 bits per heavy atom. The van der Waals surface area contributed by atoms with Gasteiger partial charge in [-0.1, -0.05) is 25.6 Å². The molecular formula is C26H30N4O5S2. The van der Waals surface area contributed by atoms with Crippen LogP contribution in [0, 0.1) is 12.8 Å². The Bertz CT molecular complexity index is 1320. The molecule has 1 aromatic carbocycles. The quantitative estimate of drug-likeness (QED) is 0.318. The standard InChI is InChI=1S/C26H30N4O5S2/c1-6-19(22(31)27-23-21(25(33)34-4)18-12-7-14(2)13-20(18)37-23)35-24(32)16-8-10-17(11-9-16)30-15(3)28-29-26(30)36-5/h8-11,14,19H,6-7,12-13H2,1-5H3,(H,27,31). The largest absolute Gasteiger partial charge is 0.465 e. The van der Waals surface area contributed by atoms with Gasteiger partial charge >= 0.3 is 11.9 Å². The lowest BCUT2D eigenvalue weighted by Crippen LogP contribution is -2.32. The van der Waals surface area contributed by atoms with Crippen LogP contribution >= 0.6 is 23.1 Å². The Labute approximate surface area is 224 Å². The predicted molar refractivity (Wildman–Crippen MR) is 143 cm³/mol. The first-order valence-corrected chi connectivity index (χ1v) is 14.1. The summed E-state index contributed by atoms with van der Waals surface area (Å²) in [6, 6.07) is 6.87. The number of benzene rings is 1. The number of rotatable bonds is 8. The van der Waals surface area contributed by atoms with Crippen LogP contribution in [0.1, 0.15) is 63.7 Å². The number of methoxy groups -OCH3 is 1. The molecular weight excluding hydrogens is 512 g/mol. The number of esters is 2. The van der Waals surface area contributed by atoms with Crippen LogP contribution in [0.15, 0.2) is 29.4 Å². The van der Waals surface area contributed by atoms with Gasteiger partial charge in [0.1, 0.15) is 10.8 Å². The van der Waals surface area contributed by atoms with Crippen molar-refractivity contribution in [2.75, 3.05) is 18.7 Å². The number of hydrogen-bond acceptors (Lipinski definition) is 9. The fourth-order valence-corrected chi connectivity index (χ4v) is 6.33. The molecule has 1 N–H and O–H groups in total. The first-order chi connectivity index (χ1) is 17.8. The van der Waals surface area contributed by atoms with Gasteiger partial charge < -0.3 is 14.8 Å². The molecule has 2 atom stereocenters. The van der Waals surface area contributed by atoms with Gasteiger partial charge in [-0.2, -0.15) is 0 Å². The molecule has 3 aromatic rings. The molecule has 2 aromatic heterocycles. The number of nitrogens with one attached hydrogen (secondary N) is 1. The molecule has 0 fully saturated rings. The van der Waals surface area contributed by atoms with E-state index in [4.69, 9.17) is 9.47 Å². The second-order valence-corrected chi connectivity index (χ2v) is 10.8. The fourth-order valence-electron chi connectivity index (χ4n) is 4.39. The van der Waals surface area contributed by atoms with Crippen molar-refractivity contribution in [3.63, 3.8) is 0 Å². The summed E-state index contributed by atoms with van der Waals surface area (Å²) in [6.45, 7) is 5.80. The Kier molecular flexibility index (Phi) is 8.33. The topological polar surface area (TPSA) is 112 Å². The highest BCUT2D eigenvalue weighted by molar-refractivity contribution is 7.98. The summed E-state index contributed by atoms with van der Waals surface area (Å²) in [7, 11) is 1.33. The maximum atomic E-state index is 13.1. The number of amides is 1. The van der Waals surface area contributed by atoms with Gasteiger partial charge in [0.2, 0.25) is 0 Å². The molecule has 1 amide bonds. The van der Waals surface area contributed by atoms with E-state index < -0.39 is 23.9 Å². The minimum absolute atomic E-state index is 0.280. The van der Waals surface area contributed by atoms with Gasteiger partial charge in [-0.25, -0.2) is 9.59 Å². The van der Waals surface area contributed by atoms with Gasteiger partial charge in [0.15, 0.2) is 11.3 Å². The smallest absolute Gasteiger partial charge is 0.341 e. The first kappa shape index (κ1) is 26.9. The van der Waals surface area contributed by atoms with Crippen LogP contribution in [-0.2, 0) is 27.1 Å². The van der Waals surface area contributed by atoms with Crippen LogP contribution in [0.5, 0.6) is 0 Å². The zero-order valence-electron chi connectivity index (χ0n) is 21.5. The Balaban J connectivity index is 1.49. The van der Waals surface area contributed by atoms with Gasteiger partial charge in [-0.05, 0) is 74.6 Å². The number of aromatic nitrogens is 3. The number of hydrogen-bond donors (Lipinski definition) is 1. The number of carbonyl (C=O) groups excluding carboxylic acids is 3. The highest BCUT2D eigenvalue weighted by Gasteiger charge is 2.31. The van der Waals surface area contributed by atoms with Crippen molar-refractivity contribution in [2.45, 2.75) is 57.7 Å². The number of carbonyl (C=O) groups is 3. The summed E-state index contributed by atoms with van der Waals surface area (Å²) in [6.07, 6.45) is 3.78. The SMILES string of the molecule is CCC(OC(=O)c1ccc(-n2c(C)nnc2SC)cc1)C(=O)Nc1sc2c(c1C(=O)OC)CCC(C)C2. The van der Waals surface area contributed by atoms with E-state index in [2.05, 4.69) is 22.4 Å². The maximum absolute atomic E-state index is 13.1. The van der Waals surface area contributed by atoms with Crippen molar-refractivity contribution in [2.24, 2.45) is 5.92 Å². The molecule has 0 saturated heterocycles. The van der Waals surface area contributed by atoms with Gasteiger partial charge in [0, 0.05) is 10.6 Å². The lowest BCUT2D eigenvalue weighted by Gasteiger charge is -2.18. The molecule has 0 bridgehead atoms. The van der Waals surface area contributed by atoms with E-state index in [0.29, 0.717) is 22.0 Å². The van der Waals surface area contributed by atoms with Crippen molar-refractivity contribution in [1.29, 1.82) is 0 Å². The van der Waals surface area contributed by atoms with Gasteiger partial charge in [-0.15, -0.1) is 21.5 Å². The highest BCUT2D eigenvalue weighted by atomic mass is 32.2. The number of thioether (sulfide) groups is 1. The molecule has 11 heteroatoms. The van der Waals surface area contributed by atoms with Crippen molar-refractivity contribution in [1.82, 2.24) is 14.8 Å². The number of anilines is 1. The molecule has 196 valence electrons. The van der Waals surface area contributed by atoms with Crippen LogP contribution < -0.4 is 5.32 Å². The van der Waals surface area contributed by atoms with Crippen LogP contribution in [0.25, 0.3) is 5.69 Å². The van der Waals surface area contributed by atoms with Gasteiger partial charge in [0.05, 0.1) is 18.2 Å². The summed E-state index contributed by atoms with van der Waals surface area (Å²) in [5.74, 6) is -0.309. The lowest BCUT2D eigenvalue weighted by molar-refractivity contribution is -0.124. The number of fused-ring (bicyclic) bond motifs is 1. The van der Waals surface area contributed by atoms with E-state index >= 15 is 0 Å². The molecule has 1 aliphatic rings. The molecule has 1 aliphatic carbocycles. The third-order valence-corrected chi connectivity index (χ3v) is 8.19. The summed E-state index contributed by atoms with van der Waals surface area (Å²) in [5, 5.41) is 12.3. The minimum Gasteiger partial charge on any atom is -0.465 e. The number of thiophene rings is 1. The fraction of sp³-hybridized carbons (Fsp3) is 0.423. The second-order valence-electron chi connectivity index (χ2n) is 8.96. The second kappa shape index (κ2) is 11.5. The van der Waals surface area contributed by atoms with Crippen molar-refractivity contribution >= 4 is 45.9 Å². The average Bonchev–Trinajstić information content (AvgIpc) is 3.45.